The van der Waals surface area contributed by atoms with E-state index < -0.39 is 5.97 Å². The van der Waals surface area contributed by atoms with Crippen molar-refractivity contribution >= 4 is 11.9 Å². The Labute approximate surface area is 137 Å². The zero-order valence-electron chi connectivity index (χ0n) is 13.7. The van der Waals surface area contributed by atoms with Crippen LogP contribution in [0.1, 0.15) is 49.0 Å². The number of aliphatic hydroxyl groups excluding tert-OH is 1. The van der Waals surface area contributed by atoms with Crippen LogP contribution in [-0.4, -0.2) is 29.6 Å². The van der Waals surface area contributed by atoms with Gasteiger partial charge in [-0.05, 0) is 36.0 Å². The maximum Gasteiger partial charge on any atom is 0.338 e. The van der Waals surface area contributed by atoms with Crippen LogP contribution in [0.3, 0.4) is 0 Å². The molecule has 2 N–H and O–H groups in total. The Kier molecular flexibility index (Phi) is 6.16. The number of carbonyl (C=O) groups is 2. The second kappa shape index (κ2) is 8.11. The minimum Gasteiger partial charge on any atom is -0.452 e. The lowest BCUT2D eigenvalue weighted by atomic mass is 9.78. The molecule has 0 heterocycles. The quantitative estimate of drug-likeness (QED) is 0.816. The van der Waals surface area contributed by atoms with Gasteiger partial charge < -0.3 is 15.2 Å². The summed E-state index contributed by atoms with van der Waals surface area (Å²) in [6.07, 6.45) is 3.30. The van der Waals surface area contributed by atoms with Gasteiger partial charge in [0.25, 0.3) is 5.91 Å². The van der Waals surface area contributed by atoms with Gasteiger partial charge in [-0.2, -0.15) is 0 Å². The number of aliphatic hydroxyl groups is 1. The third-order valence-corrected chi connectivity index (χ3v) is 4.76. The standard InChI is InChI=1S/C18H25NO4/c1-12-4-3-5-16(13(12)2)19-17(21)11-23-18(22)15-8-6-14(10-20)7-9-15/h6-9,12-13,16,20H,3-5,10-11H2,1-2H3,(H,19,21)/t12-,13-,16-/m1/s1. The zero-order chi connectivity index (χ0) is 16.8. The van der Waals surface area contributed by atoms with Crippen LogP contribution < -0.4 is 5.32 Å². The second-order valence-electron chi connectivity index (χ2n) is 6.37. The molecular formula is C18H25NO4. The Morgan fingerprint density at radius 3 is 2.57 bits per heavy atom. The van der Waals surface area contributed by atoms with Gasteiger partial charge in [0.05, 0.1) is 12.2 Å². The van der Waals surface area contributed by atoms with E-state index in [-0.39, 0.29) is 25.2 Å². The maximum atomic E-state index is 12.0. The van der Waals surface area contributed by atoms with E-state index in [1.165, 1.54) is 6.42 Å². The second-order valence-corrected chi connectivity index (χ2v) is 6.37. The average Bonchev–Trinajstić information content (AvgIpc) is 2.57. The van der Waals surface area contributed by atoms with Crippen molar-refractivity contribution in [3.05, 3.63) is 35.4 Å². The van der Waals surface area contributed by atoms with Crippen LogP contribution in [0, 0.1) is 11.8 Å². The first-order valence-electron chi connectivity index (χ1n) is 8.17. The Bertz CT molecular complexity index is 540. The van der Waals surface area contributed by atoms with E-state index in [9.17, 15) is 9.59 Å². The van der Waals surface area contributed by atoms with Gasteiger partial charge in [0.1, 0.15) is 0 Å². The molecule has 1 aromatic rings. The van der Waals surface area contributed by atoms with E-state index in [1.807, 2.05) is 0 Å². The molecule has 5 heteroatoms. The lowest BCUT2D eigenvalue weighted by Gasteiger charge is -2.34. The number of amides is 1. The number of ether oxygens (including phenoxy) is 1. The third kappa shape index (κ3) is 4.79. The normalized spacial score (nSPS) is 24.0. The summed E-state index contributed by atoms with van der Waals surface area (Å²) in [7, 11) is 0. The highest BCUT2D eigenvalue weighted by Gasteiger charge is 2.28. The highest BCUT2D eigenvalue weighted by Crippen LogP contribution is 2.29. The maximum absolute atomic E-state index is 12.0. The van der Waals surface area contributed by atoms with E-state index in [0.717, 1.165) is 18.4 Å². The van der Waals surface area contributed by atoms with Crippen molar-refractivity contribution in [3.63, 3.8) is 0 Å². The summed E-state index contributed by atoms with van der Waals surface area (Å²) in [5, 5.41) is 11.9. The van der Waals surface area contributed by atoms with Gasteiger partial charge in [-0.25, -0.2) is 4.79 Å². The molecule has 23 heavy (non-hydrogen) atoms. The van der Waals surface area contributed by atoms with E-state index in [1.54, 1.807) is 24.3 Å². The molecule has 0 unspecified atom stereocenters. The highest BCUT2D eigenvalue weighted by atomic mass is 16.5. The molecule has 1 fully saturated rings. The van der Waals surface area contributed by atoms with Crippen molar-refractivity contribution in [2.75, 3.05) is 6.61 Å². The number of nitrogens with one attached hydrogen (secondary N) is 1. The SMILES string of the molecule is C[C@@H]1[C@H](C)CCC[C@H]1NC(=O)COC(=O)c1ccc(CO)cc1. The van der Waals surface area contributed by atoms with E-state index in [4.69, 9.17) is 9.84 Å². The van der Waals surface area contributed by atoms with Gasteiger partial charge in [-0.15, -0.1) is 0 Å². The van der Waals surface area contributed by atoms with Crippen LogP contribution in [0.4, 0.5) is 0 Å². The summed E-state index contributed by atoms with van der Waals surface area (Å²) in [4.78, 5) is 23.9. The molecule has 1 saturated carbocycles. The Balaban J connectivity index is 1.80. The number of benzene rings is 1. The zero-order valence-corrected chi connectivity index (χ0v) is 13.7. The van der Waals surface area contributed by atoms with Crippen molar-refractivity contribution in [1.29, 1.82) is 0 Å². The summed E-state index contributed by atoms with van der Waals surface area (Å²) in [5.41, 5.74) is 1.09. The molecule has 0 aromatic heterocycles. The van der Waals surface area contributed by atoms with Crippen LogP contribution in [-0.2, 0) is 16.1 Å². The Hall–Kier alpha value is -1.88. The minimum atomic E-state index is -0.533. The summed E-state index contributed by atoms with van der Waals surface area (Å²) >= 11 is 0. The first-order chi connectivity index (χ1) is 11.0. The summed E-state index contributed by atoms with van der Waals surface area (Å²) in [6, 6.07) is 6.63. The first-order valence-corrected chi connectivity index (χ1v) is 8.17. The molecule has 1 aliphatic carbocycles. The molecule has 0 aliphatic heterocycles. The van der Waals surface area contributed by atoms with Gasteiger partial charge in [-0.1, -0.05) is 38.8 Å². The molecule has 3 atom stereocenters. The lowest BCUT2D eigenvalue weighted by molar-refractivity contribution is -0.125. The Morgan fingerprint density at radius 2 is 1.91 bits per heavy atom. The monoisotopic (exact) mass is 319 g/mol. The molecule has 2 rings (SSSR count). The van der Waals surface area contributed by atoms with Gasteiger partial charge in [0.15, 0.2) is 6.61 Å². The molecule has 0 saturated heterocycles. The number of hydrogen-bond donors (Lipinski definition) is 2. The average molecular weight is 319 g/mol. The highest BCUT2D eigenvalue weighted by molar-refractivity contribution is 5.91. The molecule has 1 aliphatic rings. The van der Waals surface area contributed by atoms with Gasteiger partial charge in [0.2, 0.25) is 0 Å². The van der Waals surface area contributed by atoms with Crippen LogP contribution in [0.25, 0.3) is 0 Å². The summed E-state index contributed by atoms with van der Waals surface area (Å²) in [6.45, 7) is 4.02. The van der Waals surface area contributed by atoms with Crippen LogP contribution in [0.2, 0.25) is 0 Å². The fourth-order valence-corrected chi connectivity index (χ4v) is 2.99. The number of carbonyl (C=O) groups excluding carboxylic acids is 2. The van der Waals surface area contributed by atoms with Crippen LogP contribution in [0.15, 0.2) is 24.3 Å². The Morgan fingerprint density at radius 1 is 1.22 bits per heavy atom. The van der Waals surface area contributed by atoms with Crippen molar-refractivity contribution in [2.24, 2.45) is 11.8 Å². The van der Waals surface area contributed by atoms with E-state index in [0.29, 0.717) is 17.4 Å². The smallest absolute Gasteiger partial charge is 0.338 e. The van der Waals surface area contributed by atoms with Crippen molar-refractivity contribution in [1.82, 2.24) is 5.32 Å². The van der Waals surface area contributed by atoms with Crippen LogP contribution in [0.5, 0.6) is 0 Å². The topological polar surface area (TPSA) is 75.6 Å². The van der Waals surface area contributed by atoms with Crippen molar-refractivity contribution in [2.45, 2.75) is 45.8 Å². The molecule has 0 radical (unpaired) electrons. The summed E-state index contributed by atoms with van der Waals surface area (Å²) in [5.74, 6) is 0.252. The molecule has 1 amide bonds. The predicted octanol–water partition coefficient (Wildman–Crippen LogP) is 2.28. The number of esters is 1. The number of hydrogen-bond acceptors (Lipinski definition) is 4. The molecule has 0 bridgehead atoms. The molecule has 126 valence electrons. The van der Waals surface area contributed by atoms with E-state index >= 15 is 0 Å². The van der Waals surface area contributed by atoms with Crippen molar-refractivity contribution in [3.8, 4) is 0 Å². The molecule has 0 spiro atoms. The summed E-state index contributed by atoms with van der Waals surface area (Å²) < 4.78 is 5.05. The predicted molar refractivity (Wildman–Crippen MR) is 86.8 cm³/mol. The largest absolute Gasteiger partial charge is 0.452 e. The fraction of sp³-hybridized carbons (Fsp3) is 0.556. The first kappa shape index (κ1) is 17.5. The van der Waals surface area contributed by atoms with Gasteiger partial charge in [0, 0.05) is 6.04 Å². The molecule has 1 aromatic carbocycles. The lowest BCUT2D eigenvalue weighted by Crippen LogP contribution is -2.45. The van der Waals surface area contributed by atoms with Crippen LogP contribution >= 0.6 is 0 Å². The van der Waals surface area contributed by atoms with Crippen molar-refractivity contribution < 1.29 is 19.4 Å². The molecule has 5 nitrogen and oxygen atoms in total. The van der Waals surface area contributed by atoms with Gasteiger partial charge in [-0.3, -0.25) is 4.79 Å². The van der Waals surface area contributed by atoms with E-state index in [2.05, 4.69) is 19.2 Å². The van der Waals surface area contributed by atoms with Gasteiger partial charge >= 0.3 is 5.97 Å². The number of rotatable bonds is 5. The fourth-order valence-electron chi connectivity index (χ4n) is 2.99. The minimum absolute atomic E-state index is 0.0737. The third-order valence-electron chi connectivity index (χ3n) is 4.76. The molecular weight excluding hydrogens is 294 g/mol.